The molecule has 0 unspecified atom stereocenters. The summed E-state index contributed by atoms with van der Waals surface area (Å²) in [5.41, 5.74) is 0.315. The van der Waals surface area contributed by atoms with Crippen LogP contribution in [0.5, 0.6) is 5.75 Å². The van der Waals surface area contributed by atoms with Crippen LogP contribution in [0.25, 0.3) is 10.9 Å². The summed E-state index contributed by atoms with van der Waals surface area (Å²) < 4.78 is 9.96. The number of methoxy groups -OCH3 is 1. The van der Waals surface area contributed by atoms with Crippen LogP contribution in [-0.4, -0.2) is 32.5 Å². The Kier molecular flexibility index (Phi) is 3.60. The molecule has 19 heavy (non-hydrogen) atoms. The van der Waals surface area contributed by atoms with E-state index in [9.17, 15) is 9.59 Å². The molecule has 96 valence electrons. The van der Waals surface area contributed by atoms with E-state index in [0.717, 1.165) is 0 Å². The van der Waals surface area contributed by atoms with E-state index in [1.165, 1.54) is 13.3 Å². The van der Waals surface area contributed by atoms with Gasteiger partial charge in [0, 0.05) is 11.7 Å². The van der Waals surface area contributed by atoms with E-state index in [0.29, 0.717) is 16.7 Å². The van der Waals surface area contributed by atoms with Crippen molar-refractivity contribution in [2.45, 2.75) is 6.92 Å². The molecule has 0 spiro atoms. The Labute approximate surface area is 110 Å². The van der Waals surface area contributed by atoms with Gasteiger partial charge in [-0.25, -0.2) is 4.79 Å². The molecule has 1 aromatic carbocycles. The second kappa shape index (κ2) is 5.18. The van der Waals surface area contributed by atoms with E-state index in [1.54, 1.807) is 19.1 Å². The number of benzene rings is 1. The van der Waals surface area contributed by atoms with Crippen LogP contribution in [0.3, 0.4) is 0 Å². The molecule has 0 aliphatic heterocycles. The second-order valence-corrected chi connectivity index (χ2v) is 3.86. The summed E-state index contributed by atoms with van der Waals surface area (Å²) in [6.45, 7) is 1.87. The van der Waals surface area contributed by atoms with E-state index in [2.05, 4.69) is 4.98 Å². The van der Waals surface area contributed by atoms with Crippen LogP contribution < -0.4 is 15.6 Å². The monoisotopic (exact) mass is 257 g/mol. The van der Waals surface area contributed by atoms with Gasteiger partial charge in [0.1, 0.15) is 19.2 Å². The Morgan fingerprint density at radius 2 is 2.16 bits per heavy atom. The Hall–Kier alpha value is -2.24. The molecule has 5 nitrogen and oxygen atoms in total. The van der Waals surface area contributed by atoms with Crippen molar-refractivity contribution in [2.75, 3.05) is 13.7 Å². The number of carbonyl (C=O) groups excluding carboxylic acids is 1. The van der Waals surface area contributed by atoms with Gasteiger partial charge in [0.2, 0.25) is 5.43 Å². The van der Waals surface area contributed by atoms with Crippen LogP contribution in [0, 0.1) is 0 Å². The number of aromatic amines is 1. The van der Waals surface area contributed by atoms with E-state index >= 15 is 0 Å². The van der Waals surface area contributed by atoms with Gasteiger partial charge in [-0.2, -0.15) is 0 Å². The highest BCUT2D eigenvalue weighted by molar-refractivity contribution is 6.38. The van der Waals surface area contributed by atoms with Crippen LogP contribution in [0.4, 0.5) is 0 Å². The summed E-state index contributed by atoms with van der Waals surface area (Å²) in [5, 5.41) is 0.244. The van der Waals surface area contributed by atoms with Gasteiger partial charge in [-0.3, -0.25) is 4.79 Å². The predicted octanol–water partition coefficient (Wildman–Crippen LogP) is 0.507. The fraction of sp³-hybridized carbons (Fsp3) is 0.231. The van der Waals surface area contributed by atoms with Crippen LogP contribution in [-0.2, 0) is 4.74 Å². The summed E-state index contributed by atoms with van der Waals surface area (Å²) in [5.74, 6) is -0.313. The minimum Gasteiger partial charge on any atom is -0.496 e. The minimum atomic E-state index is -0.671. The second-order valence-electron chi connectivity index (χ2n) is 3.86. The summed E-state index contributed by atoms with van der Waals surface area (Å²) in [4.78, 5) is 26.8. The molecule has 1 heterocycles. The molecule has 0 saturated carbocycles. The highest BCUT2D eigenvalue weighted by atomic mass is 16.5. The third-order valence-electron chi connectivity index (χ3n) is 2.75. The molecule has 6 heteroatoms. The first-order valence-electron chi connectivity index (χ1n) is 5.75. The summed E-state index contributed by atoms with van der Waals surface area (Å²) in [6.07, 6.45) is 1.30. The van der Waals surface area contributed by atoms with Gasteiger partial charge in [-0.15, -0.1) is 0 Å². The quantitative estimate of drug-likeness (QED) is 0.642. The Morgan fingerprint density at radius 1 is 1.42 bits per heavy atom. The van der Waals surface area contributed by atoms with Gasteiger partial charge in [-0.05, 0) is 13.0 Å². The SMILES string of the molecule is [B]c1ccc(OC)c2c(=O)c(C(=O)OCC)c[nH]c12. The van der Waals surface area contributed by atoms with Crippen molar-refractivity contribution >= 4 is 30.2 Å². The van der Waals surface area contributed by atoms with Crippen molar-refractivity contribution in [3.8, 4) is 5.75 Å². The molecule has 0 atom stereocenters. The first kappa shape index (κ1) is 13.2. The molecule has 2 rings (SSSR count). The van der Waals surface area contributed by atoms with Gasteiger partial charge in [0.05, 0.1) is 19.1 Å². The first-order chi connectivity index (χ1) is 9.10. The Morgan fingerprint density at radius 3 is 2.79 bits per heavy atom. The predicted molar refractivity (Wildman–Crippen MR) is 72.5 cm³/mol. The van der Waals surface area contributed by atoms with Crippen molar-refractivity contribution in [3.05, 3.63) is 34.1 Å². The number of carbonyl (C=O) groups is 1. The van der Waals surface area contributed by atoms with Crippen LogP contribution >= 0.6 is 0 Å². The third-order valence-corrected chi connectivity index (χ3v) is 2.75. The minimum absolute atomic E-state index is 0.0711. The average molecular weight is 257 g/mol. The fourth-order valence-corrected chi connectivity index (χ4v) is 1.86. The normalized spacial score (nSPS) is 10.4. The number of hydrogen-bond donors (Lipinski definition) is 1. The lowest BCUT2D eigenvalue weighted by Crippen LogP contribution is -2.21. The van der Waals surface area contributed by atoms with Crippen LogP contribution in [0.1, 0.15) is 17.3 Å². The van der Waals surface area contributed by atoms with Gasteiger partial charge in [0.15, 0.2) is 0 Å². The Balaban J connectivity index is 2.77. The fourth-order valence-electron chi connectivity index (χ4n) is 1.86. The summed E-state index contributed by atoms with van der Waals surface area (Å²) in [7, 11) is 7.24. The molecule has 0 aliphatic rings. The largest absolute Gasteiger partial charge is 0.496 e. The number of ether oxygens (including phenoxy) is 2. The number of aromatic nitrogens is 1. The van der Waals surface area contributed by atoms with Crippen molar-refractivity contribution in [3.63, 3.8) is 0 Å². The lowest BCUT2D eigenvalue weighted by Gasteiger charge is -2.09. The highest BCUT2D eigenvalue weighted by Crippen LogP contribution is 2.19. The van der Waals surface area contributed by atoms with E-state index in [1.807, 2.05) is 0 Å². The van der Waals surface area contributed by atoms with Crippen LogP contribution in [0.15, 0.2) is 23.1 Å². The third kappa shape index (κ3) is 2.21. The van der Waals surface area contributed by atoms with Crippen LogP contribution in [0.2, 0.25) is 0 Å². The summed E-state index contributed by atoms with van der Waals surface area (Å²) in [6, 6.07) is 3.21. The lowest BCUT2D eigenvalue weighted by molar-refractivity contribution is 0.0524. The van der Waals surface area contributed by atoms with Crippen molar-refractivity contribution in [2.24, 2.45) is 0 Å². The van der Waals surface area contributed by atoms with Crippen molar-refractivity contribution in [1.82, 2.24) is 4.98 Å². The lowest BCUT2D eigenvalue weighted by atomic mass is 9.92. The number of rotatable bonds is 3. The van der Waals surface area contributed by atoms with Crippen molar-refractivity contribution in [1.29, 1.82) is 0 Å². The zero-order chi connectivity index (χ0) is 14.0. The average Bonchev–Trinajstić information content (AvgIpc) is 2.40. The number of hydrogen-bond acceptors (Lipinski definition) is 4. The molecule has 2 radical (unpaired) electrons. The van der Waals surface area contributed by atoms with E-state index in [4.69, 9.17) is 17.3 Å². The topological polar surface area (TPSA) is 68.4 Å². The zero-order valence-corrected chi connectivity index (χ0v) is 10.6. The van der Waals surface area contributed by atoms with Gasteiger partial charge in [-0.1, -0.05) is 11.5 Å². The molecule has 0 saturated heterocycles. The molecule has 0 amide bonds. The molecular weight excluding hydrogens is 245 g/mol. The standard InChI is InChI=1S/C13H12BNO4/c1-3-19-13(17)7-6-15-11-8(14)4-5-9(18-2)10(11)12(7)16/h4-6H,3H2,1-2H3,(H,15,16). The first-order valence-corrected chi connectivity index (χ1v) is 5.75. The maximum absolute atomic E-state index is 12.3. The number of fused-ring (bicyclic) bond motifs is 1. The molecule has 1 N–H and O–H groups in total. The van der Waals surface area contributed by atoms with Crippen molar-refractivity contribution < 1.29 is 14.3 Å². The van der Waals surface area contributed by atoms with Gasteiger partial charge >= 0.3 is 5.97 Å². The highest BCUT2D eigenvalue weighted by Gasteiger charge is 2.17. The number of H-pyrrole nitrogens is 1. The molecule has 2 aromatic rings. The smallest absolute Gasteiger partial charge is 0.343 e. The molecule has 0 aliphatic carbocycles. The van der Waals surface area contributed by atoms with E-state index < -0.39 is 11.4 Å². The molecule has 1 aromatic heterocycles. The van der Waals surface area contributed by atoms with Gasteiger partial charge < -0.3 is 14.5 Å². The summed E-state index contributed by atoms with van der Waals surface area (Å²) >= 11 is 0. The zero-order valence-electron chi connectivity index (χ0n) is 10.6. The maximum atomic E-state index is 12.3. The van der Waals surface area contributed by atoms with E-state index in [-0.39, 0.29) is 17.6 Å². The maximum Gasteiger partial charge on any atom is 0.343 e. The molecule has 0 bridgehead atoms. The number of esters is 1. The number of nitrogens with one attached hydrogen (secondary N) is 1. The molecular formula is C13H12BNO4. The molecule has 0 fully saturated rings. The number of pyridine rings is 1. The Bertz CT molecular complexity index is 693. The van der Waals surface area contributed by atoms with Gasteiger partial charge in [0.25, 0.3) is 0 Å².